The van der Waals surface area contributed by atoms with Gasteiger partial charge in [-0.1, -0.05) is 13.8 Å². The molecule has 0 saturated carbocycles. The second-order valence-electron chi connectivity index (χ2n) is 5.22. The lowest BCUT2D eigenvalue weighted by Gasteiger charge is -2.38. The molecule has 0 radical (unpaired) electrons. The molecular formula is C12H25N3O. The lowest BCUT2D eigenvalue weighted by atomic mass is 10.0. The van der Waals surface area contributed by atoms with Crippen LogP contribution < -0.4 is 5.73 Å². The number of nitrogens with two attached hydrogens (primary N) is 1. The smallest absolute Gasteiger partial charge is 0.239 e. The first-order valence-corrected chi connectivity index (χ1v) is 6.22. The summed E-state index contributed by atoms with van der Waals surface area (Å²) in [5.41, 5.74) is 5.88. The summed E-state index contributed by atoms with van der Waals surface area (Å²) in [7, 11) is 0. The maximum absolute atomic E-state index is 12.0. The molecule has 94 valence electrons. The van der Waals surface area contributed by atoms with Gasteiger partial charge in [-0.25, -0.2) is 0 Å². The molecule has 1 aliphatic heterocycles. The molecule has 1 saturated heterocycles. The minimum absolute atomic E-state index is 0.110. The van der Waals surface area contributed by atoms with Crippen LogP contribution in [-0.2, 0) is 4.79 Å². The van der Waals surface area contributed by atoms with Crippen molar-refractivity contribution in [1.29, 1.82) is 0 Å². The number of hydrogen-bond acceptors (Lipinski definition) is 3. The van der Waals surface area contributed by atoms with E-state index >= 15 is 0 Å². The second kappa shape index (κ2) is 5.64. The van der Waals surface area contributed by atoms with Crippen molar-refractivity contribution < 1.29 is 4.79 Å². The average Bonchev–Trinajstić information content (AvgIpc) is 2.27. The van der Waals surface area contributed by atoms with Crippen molar-refractivity contribution >= 4 is 5.91 Å². The normalized spacial score (nSPS) is 20.6. The number of piperazine rings is 1. The molecule has 4 nitrogen and oxygen atoms in total. The number of nitrogens with zero attached hydrogens (tertiary/aromatic N) is 2. The molecule has 16 heavy (non-hydrogen) atoms. The number of amides is 1. The maximum Gasteiger partial charge on any atom is 0.239 e. The lowest BCUT2D eigenvalue weighted by Crippen LogP contribution is -2.55. The monoisotopic (exact) mass is 227 g/mol. The van der Waals surface area contributed by atoms with E-state index in [1.54, 1.807) is 0 Å². The van der Waals surface area contributed by atoms with E-state index in [1.807, 2.05) is 18.7 Å². The maximum atomic E-state index is 12.0. The standard InChI is InChI=1S/C12H25N3O/c1-9(2)11(13)12(16)15-7-5-14(6-8-15)10(3)4/h9-11H,5-8,13H2,1-4H3/t11-/m1/s1. The van der Waals surface area contributed by atoms with Crippen molar-refractivity contribution in [2.75, 3.05) is 26.2 Å². The van der Waals surface area contributed by atoms with Crippen molar-refractivity contribution in [3.8, 4) is 0 Å². The molecule has 1 fully saturated rings. The van der Waals surface area contributed by atoms with Crippen LogP contribution in [0.1, 0.15) is 27.7 Å². The van der Waals surface area contributed by atoms with E-state index in [4.69, 9.17) is 5.73 Å². The minimum Gasteiger partial charge on any atom is -0.339 e. The average molecular weight is 227 g/mol. The van der Waals surface area contributed by atoms with Crippen LogP contribution in [0.5, 0.6) is 0 Å². The molecule has 0 aliphatic carbocycles. The van der Waals surface area contributed by atoms with E-state index in [1.165, 1.54) is 0 Å². The van der Waals surface area contributed by atoms with E-state index in [9.17, 15) is 4.79 Å². The quantitative estimate of drug-likeness (QED) is 0.765. The Labute approximate surface area is 98.8 Å². The third kappa shape index (κ3) is 3.19. The van der Waals surface area contributed by atoms with E-state index in [0.29, 0.717) is 6.04 Å². The van der Waals surface area contributed by atoms with Crippen LogP contribution in [0.15, 0.2) is 0 Å². The van der Waals surface area contributed by atoms with Crippen LogP contribution in [0, 0.1) is 5.92 Å². The lowest BCUT2D eigenvalue weighted by molar-refractivity contribution is -0.135. The Balaban J connectivity index is 2.45. The summed E-state index contributed by atoms with van der Waals surface area (Å²) in [6.07, 6.45) is 0. The molecular weight excluding hydrogens is 202 g/mol. The molecule has 1 aliphatic rings. The first-order chi connectivity index (χ1) is 7.43. The fourth-order valence-corrected chi connectivity index (χ4v) is 1.95. The Kier molecular flexibility index (Phi) is 4.74. The molecule has 1 rings (SSSR count). The minimum atomic E-state index is -0.342. The van der Waals surface area contributed by atoms with Gasteiger partial charge in [-0.05, 0) is 19.8 Å². The zero-order valence-electron chi connectivity index (χ0n) is 10.9. The number of carbonyl (C=O) groups is 1. The van der Waals surface area contributed by atoms with E-state index < -0.39 is 0 Å². The van der Waals surface area contributed by atoms with Crippen LogP contribution in [0.3, 0.4) is 0 Å². The Morgan fingerprint density at radius 2 is 1.56 bits per heavy atom. The highest BCUT2D eigenvalue weighted by Crippen LogP contribution is 2.09. The molecule has 0 unspecified atom stereocenters. The van der Waals surface area contributed by atoms with Crippen molar-refractivity contribution in [3.05, 3.63) is 0 Å². The summed E-state index contributed by atoms with van der Waals surface area (Å²) < 4.78 is 0. The van der Waals surface area contributed by atoms with Crippen LogP contribution >= 0.6 is 0 Å². The molecule has 0 aromatic carbocycles. The SMILES string of the molecule is CC(C)[C@@H](N)C(=O)N1CCN(C(C)C)CC1. The highest BCUT2D eigenvalue weighted by Gasteiger charge is 2.27. The number of hydrogen-bond donors (Lipinski definition) is 1. The summed E-state index contributed by atoms with van der Waals surface area (Å²) in [5.74, 6) is 0.328. The first-order valence-electron chi connectivity index (χ1n) is 6.22. The highest BCUT2D eigenvalue weighted by atomic mass is 16.2. The number of carbonyl (C=O) groups excluding carboxylic acids is 1. The summed E-state index contributed by atoms with van der Waals surface area (Å²) in [5, 5.41) is 0. The Morgan fingerprint density at radius 3 is 1.94 bits per heavy atom. The van der Waals surface area contributed by atoms with Gasteiger partial charge in [0.15, 0.2) is 0 Å². The second-order valence-corrected chi connectivity index (χ2v) is 5.22. The van der Waals surface area contributed by atoms with Crippen LogP contribution in [0.2, 0.25) is 0 Å². The van der Waals surface area contributed by atoms with Crippen LogP contribution in [0.25, 0.3) is 0 Å². The predicted molar refractivity (Wildman–Crippen MR) is 66.1 cm³/mol. The van der Waals surface area contributed by atoms with E-state index in [2.05, 4.69) is 18.7 Å². The van der Waals surface area contributed by atoms with Crippen molar-refractivity contribution in [2.45, 2.75) is 39.8 Å². The summed E-state index contributed by atoms with van der Waals surface area (Å²) in [4.78, 5) is 16.3. The third-order valence-electron chi connectivity index (χ3n) is 3.36. The third-order valence-corrected chi connectivity index (χ3v) is 3.36. The molecule has 1 heterocycles. The van der Waals surface area contributed by atoms with E-state index in [-0.39, 0.29) is 17.9 Å². The molecule has 4 heteroatoms. The van der Waals surface area contributed by atoms with Crippen LogP contribution in [0.4, 0.5) is 0 Å². The number of rotatable bonds is 3. The molecule has 2 N–H and O–H groups in total. The Bertz CT molecular complexity index is 232. The van der Waals surface area contributed by atoms with Gasteiger partial charge in [-0.15, -0.1) is 0 Å². The molecule has 1 amide bonds. The fraction of sp³-hybridized carbons (Fsp3) is 0.917. The highest BCUT2D eigenvalue weighted by molar-refractivity contribution is 5.82. The van der Waals surface area contributed by atoms with E-state index in [0.717, 1.165) is 26.2 Å². The molecule has 0 spiro atoms. The molecule has 0 bridgehead atoms. The summed E-state index contributed by atoms with van der Waals surface area (Å²) in [6.45, 7) is 11.9. The summed E-state index contributed by atoms with van der Waals surface area (Å²) in [6, 6.07) is 0.224. The Morgan fingerprint density at radius 1 is 1.06 bits per heavy atom. The fourth-order valence-electron chi connectivity index (χ4n) is 1.95. The van der Waals surface area contributed by atoms with Gasteiger partial charge in [-0.2, -0.15) is 0 Å². The molecule has 0 aromatic rings. The van der Waals surface area contributed by atoms with Gasteiger partial charge in [-0.3, -0.25) is 9.69 Å². The summed E-state index contributed by atoms with van der Waals surface area (Å²) >= 11 is 0. The molecule has 0 aromatic heterocycles. The predicted octanol–water partition coefficient (Wildman–Crippen LogP) is 0.522. The van der Waals surface area contributed by atoms with Gasteiger partial charge in [0.2, 0.25) is 5.91 Å². The largest absolute Gasteiger partial charge is 0.339 e. The topological polar surface area (TPSA) is 49.6 Å². The van der Waals surface area contributed by atoms with Crippen molar-refractivity contribution in [1.82, 2.24) is 9.80 Å². The van der Waals surface area contributed by atoms with Crippen LogP contribution in [-0.4, -0.2) is 54.0 Å². The van der Waals surface area contributed by atoms with Crippen molar-refractivity contribution in [2.24, 2.45) is 11.7 Å². The zero-order chi connectivity index (χ0) is 12.3. The zero-order valence-corrected chi connectivity index (χ0v) is 10.9. The van der Waals surface area contributed by atoms with Crippen molar-refractivity contribution in [3.63, 3.8) is 0 Å². The van der Waals surface area contributed by atoms with Gasteiger partial charge in [0.05, 0.1) is 6.04 Å². The van der Waals surface area contributed by atoms with Gasteiger partial charge < -0.3 is 10.6 Å². The van der Waals surface area contributed by atoms with Gasteiger partial charge in [0.25, 0.3) is 0 Å². The van der Waals surface area contributed by atoms with Gasteiger partial charge in [0, 0.05) is 32.2 Å². The van der Waals surface area contributed by atoms with Gasteiger partial charge >= 0.3 is 0 Å². The molecule has 1 atom stereocenters. The van der Waals surface area contributed by atoms with Gasteiger partial charge in [0.1, 0.15) is 0 Å². The first kappa shape index (κ1) is 13.5. The Hall–Kier alpha value is -0.610.